The predicted molar refractivity (Wildman–Crippen MR) is 90.3 cm³/mol. The quantitative estimate of drug-likeness (QED) is 0.630. The van der Waals surface area contributed by atoms with Crippen molar-refractivity contribution in [1.29, 1.82) is 0 Å². The third kappa shape index (κ3) is 3.34. The Balaban J connectivity index is 1.63. The minimum absolute atomic E-state index is 0.185. The summed E-state index contributed by atoms with van der Waals surface area (Å²) in [6.45, 7) is 3.75. The fourth-order valence-electron chi connectivity index (χ4n) is 2.08. The van der Waals surface area contributed by atoms with E-state index in [4.69, 9.17) is 5.73 Å². The van der Waals surface area contributed by atoms with Crippen molar-refractivity contribution in [2.75, 3.05) is 11.1 Å². The molecule has 0 aliphatic rings. The predicted octanol–water partition coefficient (Wildman–Crippen LogP) is 1.12. The standard InChI is InChI=1S/C14H17N7O2S/c1-14(2,23)8-5-16-13(24-8)20-9(22)3-4-21-7-19-10-11(15)17-6-18-12(10)21/h5-7,23H,3-4H2,1-2H3,(H2,15,17,18)(H,16,20,22). The van der Waals surface area contributed by atoms with Gasteiger partial charge < -0.3 is 20.7 Å². The highest BCUT2D eigenvalue weighted by molar-refractivity contribution is 7.15. The zero-order valence-electron chi connectivity index (χ0n) is 13.2. The molecule has 0 aliphatic heterocycles. The molecule has 0 saturated carbocycles. The number of thiazole rings is 1. The number of fused-ring (bicyclic) bond motifs is 1. The number of nitrogen functional groups attached to an aromatic ring is 1. The molecule has 3 aromatic heterocycles. The Morgan fingerprint density at radius 1 is 1.38 bits per heavy atom. The third-order valence-electron chi connectivity index (χ3n) is 3.36. The molecule has 0 unspecified atom stereocenters. The second-order valence-electron chi connectivity index (χ2n) is 5.76. The Bertz CT molecular complexity index is 881. The number of carbonyl (C=O) groups is 1. The summed E-state index contributed by atoms with van der Waals surface area (Å²) in [6, 6.07) is 0. The largest absolute Gasteiger partial charge is 0.385 e. The zero-order chi connectivity index (χ0) is 17.3. The number of aromatic nitrogens is 5. The van der Waals surface area contributed by atoms with E-state index in [2.05, 4.69) is 25.3 Å². The molecule has 4 N–H and O–H groups in total. The van der Waals surface area contributed by atoms with Crippen LogP contribution in [-0.4, -0.2) is 35.5 Å². The van der Waals surface area contributed by atoms with Crippen molar-refractivity contribution in [3.63, 3.8) is 0 Å². The van der Waals surface area contributed by atoms with Gasteiger partial charge in [0.2, 0.25) is 5.91 Å². The molecule has 3 rings (SSSR count). The lowest BCUT2D eigenvalue weighted by Gasteiger charge is -2.13. The van der Waals surface area contributed by atoms with Gasteiger partial charge in [0.25, 0.3) is 0 Å². The maximum Gasteiger partial charge on any atom is 0.227 e. The van der Waals surface area contributed by atoms with Crippen molar-refractivity contribution >= 4 is 39.4 Å². The molecule has 0 radical (unpaired) electrons. The van der Waals surface area contributed by atoms with Crippen molar-refractivity contribution in [2.24, 2.45) is 0 Å². The minimum atomic E-state index is -0.976. The molecule has 0 fully saturated rings. The van der Waals surface area contributed by atoms with E-state index in [0.29, 0.717) is 33.5 Å². The number of hydrogen-bond donors (Lipinski definition) is 3. The summed E-state index contributed by atoms with van der Waals surface area (Å²) in [5.74, 6) is 0.126. The van der Waals surface area contributed by atoms with Crippen molar-refractivity contribution in [2.45, 2.75) is 32.4 Å². The van der Waals surface area contributed by atoms with Crippen LogP contribution >= 0.6 is 11.3 Å². The summed E-state index contributed by atoms with van der Waals surface area (Å²) in [5, 5.41) is 13.1. The number of amides is 1. The monoisotopic (exact) mass is 347 g/mol. The molecule has 0 aromatic carbocycles. The molecular formula is C14H17N7O2S. The Labute approximate surface area is 141 Å². The van der Waals surface area contributed by atoms with Crippen LogP contribution in [0, 0.1) is 0 Å². The number of nitrogens with one attached hydrogen (secondary N) is 1. The maximum atomic E-state index is 12.1. The Morgan fingerprint density at radius 2 is 2.17 bits per heavy atom. The van der Waals surface area contributed by atoms with Gasteiger partial charge in [-0.25, -0.2) is 19.9 Å². The second-order valence-corrected chi connectivity index (χ2v) is 6.79. The summed E-state index contributed by atoms with van der Waals surface area (Å²) < 4.78 is 1.75. The van der Waals surface area contributed by atoms with Gasteiger partial charge in [0, 0.05) is 19.2 Å². The van der Waals surface area contributed by atoms with Crippen LogP contribution in [0.3, 0.4) is 0 Å². The summed E-state index contributed by atoms with van der Waals surface area (Å²) in [7, 11) is 0. The van der Waals surface area contributed by atoms with E-state index in [1.54, 1.807) is 30.9 Å². The second kappa shape index (κ2) is 6.13. The molecule has 0 aliphatic carbocycles. The van der Waals surface area contributed by atoms with E-state index in [1.165, 1.54) is 17.7 Å². The number of nitrogens with zero attached hydrogens (tertiary/aromatic N) is 5. The first kappa shape index (κ1) is 16.3. The topological polar surface area (TPSA) is 132 Å². The SMILES string of the molecule is CC(C)(O)c1cnc(NC(=O)CCn2cnc3c(N)ncnc32)s1. The van der Waals surface area contributed by atoms with E-state index in [9.17, 15) is 9.90 Å². The van der Waals surface area contributed by atoms with Gasteiger partial charge in [0.15, 0.2) is 16.6 Å². The van der Waals surface area contributed by atoms with Crippen LogP contribution in [0.4, 0.5) is 10.9 Å². The van der Waals surface area contributed by atoms with Gasteiger partial charge in [-0.3, -0.25) is 4.79 Å². The van der Waals surface area contributed by atoms with Gasteiger partial charge in [0.05, 0.1) is 16.8 Å². The van der Waals surface area contributed by atoms with Crippen LogP contribution < -0.4 is 11.1 Å². The zero-order valence-corrected chi connectivity index (χ0v) is 14.0. The number of nitrogens with two attached hydrogens (primary N) is 1. The highest BCUT2D eigenvalue weighted by Crippen LogP contribution is 2.28. The Morgan fingerprint density at radius 3 is 2.88 bits per heavy atom. The Hall–Kier alpha value is -2.59. The molecule has 24 heavy (non-hydrogen) atoms. The van der Waals surface area contributed by atoms with Crippen LogP contribution in [0.1, 0.15) is 25.1 Å². The summed E-state index contributed by atoms with van der Waals surface area (Å²) in [5.41, 5.74) is 5.87. The number of aryl methyl sites for hydroxylation is 1. The molecular weight excluding hydrogens is 330 g/mol. The van der Waals surface area contributed by atoms with Crippen LogP contribution in [-0.2, 0) is 16.9 Å². The summed E-state index contributed by atoms with van der Waals surface area (Å²) in [6.07, 6.45) is 4.73. The molecule has 9 nitrogen and oxygen atoms in total. The van der Waals surface area contributed by atoms with Gasteiger partial charge in [0.1, 0.15) is 11.8 Å². The van der Waals surface area contributed by atoms with Crippen molar-refractivity contribution in [3.8, 4) is 0 Å². The average molecular weight is 347 g/mol. The maximum absolute atomic E-state index is 12.1. The van der Waals surface area contributed by atoms with E-state index < -0.39 is 5.60 Å². The van der Waals surface area contributed by atoms with Crippen LogP contribution in [0.5, 0.6) is 0 Å². The minimum Gasteiger partial charge on any atom is -0.385 e. The molecule has 10 heteroatoms. The van der Waals surface area contributed by atoms with Gasteiger partial charge in [-0.05, 0) is 13.8 Å². The molecule has 3 aromatic rings. The number of rotatable bonds is 5. The molecule has 0 atom stereocenters. The first-order valence-corrected chi connectivity index (χ1v) is 8.06. The van der Waals surface area contributed by atoms with Gasteiger partial charge in [-0.15, -0.1) is 0 Å². The lowest BCUT2D eigenvalue weighted by molar-refractivity contribution is -0.116. The van der Waals surface area contributed by atoms with Crippen molar-refractivity contribution in [3.05, 3.63) is 23.7 Å². The van der Waals surface area contributed by atoms with Gasteiger partial charge in [-0.1, -0.05) is 11.3 Å². The normalized spacial score (nSPS) is 11.8. The molecule has 3 heterocycles. The Kier molecular flexibility index (Phi) is 4.16. The van der Waals surface area contributed by atoms with E-state index in [0.717, 1.165) is 0 Å². The fraction of sp³-hybridized carbons (Fsp3) is 0.357. The molecule has 0 bridgehead atoms. The van der Waals surface area contributed by atoms with Crippen molar-refractivity contribution < 1.29 is 9.90 Å². The summed E-state index contributed by atoms with van der Waals surface area (Å²) in [4.78, 5) is 29.0. The van der Waals surface area contributed by atoms with Gasteiger partial charge in [-0.2, -0.15) is 0 Å². The van der Waals surface area contributed by atoms with Gasteiger partial charge >= 0.3 is 0 Å². The van der Waals surface area contributed by atoms with Crippen LogP contribution in [0.15, 0.2) is 18.9 Å². The van der Waals surface area contributed by atoms with Crippen LogP contribution in [0.25, 0.3) is 11.2 Å². The molecule has 1 amide bonds. The van der Waals surface area contributed by atoms with Crippen molar-refractivity contribution in [1.82, 2.24) is 24.5 Å². The van der Waals surface area contributed by atoms with E-state index >= 15 is 0 Å². The molecule has 0 saturated heterocycles. The number of anilines is 2. The smallest absolute Gasteiger partial charge is 0.227 e. The lowest BCUT2D eigenvalue weighted by atomic mass is 10.1. The highest BCUT2D eigenvalue weighted by Gasteiger charge is 2.20. The molecule has 126 valence electrons. The van der Waals surface area contributed by atoms with E-state index in [1.807, 2.05) is 0 Å². The summed E-state index contributed by atoms with van der Waals surface area (Å²) >= 11 is 1.25. The lowest BCUT2D eigenvalue weighted by Crippen LogP contribution is -2.14. The fourth-order valence-corrected chi connectivity index (χ4v) is 2.91. The molecule has 0 spiro atoms. The average Bonchev–Trinajstić information content (AvgIpc) is 3.12. The number of aliphatic hydroxyl groups is 1. The number of hydrogen-bond acceptors (Lipinski definition) is 8. The third-order valence-corrected chi connectivity index (χ3v) is 4.59. The van der Waals surface area contributed by atoms with E-state index in [-0.39, 0.29) is 12.3 Å². The number of imidazole rings is 1. The highest BCUT2D eigenvalue weighted by atomic mass is 32.1. The first-order valence-electron chi connectivity index (χ1n) is 7.24. The number of carbonyl (C=O) groups excluding carboxylic acids is 1. The van der Waals surface area contributed by atoms with Crippen LogP contribution in [0.2, 0.25) is 0 Å². The first-order chi connectivity index (χ1) is 11.3.